The number of aliphatic carboxylic acids is 1. The number of carboxylic acid groups (broad SMARTS) is 1. The predicted molar refractivity (Wildman–Crippen MR) is 77.5 cm³/mol. The van der Waals surface area contributed by atoms with Gasteiger partial charge < -0.3 is 20.3 Å². The van der Waals surface area contributed by atoms with E-state index in [-0.39, 0.29) is 13.0 Å². The molecule has 21 heavy (non-hydrogen) atoms. The van der Waals surface area contributed by atoms with Gasteiger partial charge in [-0.2, -0.15) is 0 Å². The van der Waals surface area contributed by atoms with Crippen LogP contribution < -0.4 is 10.1 Å². The van der Waals surface area contributed by atoms with Gasteiger partial charge >= 0.3 is 5.97 Å². The molecule has 0 saturated heterocycles. The Kier molecular flexibility index (Phi) is 6.45. The van der Waals surface area contributed by atoms with E-state index in [1.165, 1.54) is 6.92 Å². The normalized spacial score (nSPS) is 13.3. The molecule has 1 aromatic carbocycles. The Morgan fingerprint density at radius 3 is 2.62 bits per heavy atom. The topological polar surface area (TPSA) is 95.9 Å². The molecule has 0 radical (unpaired) electrons. The number of aryl methyl sites for hydroxylation is 1. The van der Waals surface area contributed by atoms with E-state index in [2.05, 4.69) is 5.32 Å². The molecule has 7 heteroatoms. The van der Waals surface area contributed by atoms with Crippen LogP contribution in [0.1, 0.15) is 18.9 Å². The Bertz CT molecular complexity index is 520. The Balaban J connectivity index is 2.67. The Morgan fingerprint density at radius 1 is 1.43 bits per heavy atom. The summed E-state index contributed by atoms with van der Waals surface area (Å²) in [5.41, 5.74) is 0.771. The fourth-order valence-corrected chi connectivity index (χ4v) is 1.89. The number of ether oxygens (including phenoxy) is 1. The van der Waals surface area contributed by atoms with Crippen molar-refractivity contribution >= 4 is 23.5 Å². The van der Waals surface area contributed by atoms with Crippen molar-refractivity contribution in [2.45, 2.75) is 32.4 Å². The fraction of sp³-hybridized carbons (Fsp3) is 0.429. The van der Waals surface area contributed by atoms with Gasteiger partial charge in [0.2, 0.25) is 0 Å². The van der Waals surface area contributed by atoms with Gasteiger partial charge in [-0.05, 0) is 37.6 Å². The first kappa shape index (κ1) is 17.3. The first-order valence-corrected chi connectivity index (χ1v) is 6.79. The minimum Gasteiger partial charge on any atom is -0.481 e. The highest BCUT2D eigenvalue weighted by Crippen LogP contribution is 2.22. The van der Waals surface area contributed by atoms with Gasteiger partial charge in [0, 0.05) is 18.1 Å². The highest BCUT2D eigenvalue weighted by atomic mass is 35.5. The molecule has 0 aliphatic carbocycles. The number of hydrogen-bond acceptors (Lipinski definition) is 4. The standard InChI is InChI=1S/C14H18ClNO5/c1-8-7-10(15)3-4-12(8)21-9(2)13(18)16-11(5-6-17)14(19)20/h3-4,7,9,11,17H,5-6H2,1-2H3,(H,16,18)(H,19,20)/t9?,11-/m0/s1. The molecule has 1 aromatic rings. The zero-order valence-electron chi connectivity index (χ0n) is 11.8. The second-order valence-corrected chi connectivity index (χ2v) is 5.02. The number of carbonyl (C=O) groups is 2. The van der Waals surface area contributed by atoms with Crippen LogP contribution in [0.25, 0.3) is 0 Å². The first-order chi connectivity index (χ1) is 9.85. The maximum Gasteiger partial charge on any atom is 0.326 e. The molecule has 1 unspecified atom stereocenters. The van der Waals surface area contributed by atoms with Crippen LogP contribution in [0.15, 0.2) is 18.2 Å². The van der Waals surface area contributed by atoms with E-state index in [0.29, 0.717) is 10.8 Å². The molecule has 0 spiro atoms. The largest absolute Gasteiger partial charge is 0.481 e. The molecule has 3 N–H and O–H groups in total. The second-order valence-electron chi connectivity index (χ2n) is 4.58. The van der Waals surface area contributed by atoms with E-state index in [1.807, 2.05) is 0 Å². The van der Waals surface area contributed by atoms with E-state index in [0.717, 1.165) is 5.56 Å². The summed E-state index contributed by atoms with van der Waals surface area (Å²) in [6.07, 6.45) is -0.932. The molecular formula is C14H18ClNO5. The van der Waals surface area contributed by atoms with Crippen molar-refractivity contribution in [1.29, 1.82) is 0 Å². The molecule has 1 amide bonds. The lowest BCUT2D eigenvalue weighted by Gasteiger charge is -2.19. The minimum absolute atomic E-state index is 0.0617. The molecule has 0 saturated carbocycles. The lowest BCUT2D eigenvalue weighted by atomic mass is 10.2. The Morgan fingerprint density at radius 2 is 2.10 bits per heavy atom. The van der Waals surface area contributed by atoms with Crippen LogP contribution >= 0.6 is 11.6 Å². The lowest BCUT2D eigenvalue weighted by Crippen LogP contribution is -2.46. The van der Waals surface area contributed by atoms with Gasteiger partial charge in [0.05, 0.1) is 0 Å². The lowest BCUT2D eigenvalue weighted by molar-refractivity contribution is -0.143. The van der Waals surface area contributed by atoms with E-state index in [1.54, 1.807) is 25.1 Å². The van der Waals surface area contributed by atoms with Gasteiger partial charge in [0.1, 0.15) is 11.8 Å². The molecule has 2 atom stereocenters. The molecule has 116 valence electrons. The van der Waals surface area contributed by atoms with Gasteiger partial charge in [-0.1, -0.05) is 11.6 Å². The Hall–Kier alpha value is -1.79. The van der Waals surface area contributed by atoms with E-state index >= 15 is 0 Å². The van der Waals surface area contributed by atoms with E-state index in [9.17, 15) is 9.59 Å². The van der Waals surface area contributed by atoms with Crippen LogP contribution in [0.5, 0.6) is 5.75 Å². The van der Waals surface area contributed by atoms with Gasteiger partial charge in [0.15, 0.2) is 6.10 Å². The third-order valence-electron chi connectivity index (χ3n) is 2.84. The number of carbonyl (C=O) groups excluding carboxylic acids is 1. The summed E-state index contributed by atoms with van der Waals surface area (Å²) in [6, 6.07) is 3.84. The molecule has 0 bridgehead atoms. The quantitative estimate of drug-likeness (QED) is 0.706. The van der Waals surface area contributed by atoms with Gasteiger partial charge in [-0.3, -0.25) is 4.79 Å². The number of amides is 1. The Labute approximate surface area is 127 Å². The van der Waals surface area contributed by atoms with Gasteiger partial charge in [-0.25, -0.2) is 4.79 Å². The summed E-state index contributed by atoms with van der Waals surface area (Å²) in [5.74, 6) is -1.27. The van der Waals surface area contributed by atoms with Crippen molar-refractivity contribution in [1.82, 2.24) is 5.32 Å². The first-order valence-electron chi connectivity index (χ1n) is 6.42. The number of hydrogen-bond donors (Lipinski definition) is 3. The minimum atomic E-state index is -1.20. The zero-order chi connectivity index (χ0) is 16.0. The van der Waals surface area contributed by atoms with Crippen LogP contribution in [0, 0.1) is 6.92 Å². The molecular weight excluding hydrogens is 298 g/mol. The number of halogens is 1. The molecule has 1 rings (SSSR count). The van der Waals surface area contributed by atoms with E-state index < -0.39 is 24.0 Å². The highest BCUT2D eigenvalue weighted by molar-refractivity contribution is 6.30. The molecule has 6 nitrogen and oxygen atoms in total. The molecule has 0 fully saturated rings. The summed E-state index contributed by atoms with van der Waals surface area (Å²) in [7, 11) is 0. The van der Waals surface area contributed by atoms with Crippen molar-refractivity contribution in [2.24, 2.45) is 0 Å². The summed E-state index contributed by atoms with van der Waals surface area (Å²) >= 11 is 5.83. The van der Waals surface area contributed by atoms with Gasteiger partial charge in [0.25, 0.3) is 5.91 Å². The number of nitrogens with one attached hydrogen (secondary N) is 1. The van der Waals surface area contributed by atoms with Crippen molar-refractivity contribution < 1.29 is 24.5 Å². The van der Waals surface area contributed by atoms with Crippen molar-refractivity contribution in [3.05, 3.63) is 28.8 Å². The van der Waals surface area contributed by atoms with Crippen molar-refractivity contribution in [3.63, 3.8) is 0 Å². The number of carboxylic acids is 1. The number of aliphatic hydroxyl groups is 1. The summed E-state index contributed by atoms with van der Waals surface area (Å²) in [5, 5.41) is 20.6. The van der Waals surface area contributed by atoms with Crippen LogP contribution in [0.2, 0.25) is 5.02 Å². The maximum atomic E-state index is 11.9. The number of aliphatic hydroxyl groups excluding tert-OH is 1. The molecule has 0 heterocycles. The van der Waals surface area contributed by atoms with Gasteiger partial charge in [-0.15, -0.1) is 0 Å². The maximum absolute atomic E-state index is 11.9. The molecule has 0 aromatic heterocycles. The summed E-state index contributed by atoms with van der Waals surface area (Å²) < 4.78 is 5.49. The number of benzene rings is 1. The van der Waals surface area contributed by atoms with Crippen molar-refractivity contribution in [2.75, 3.05) is 6.61 Å². The summed E-state index contributed by atoms with van der Waals surface area (Å²) in [6.45, 7) is 2.97. The average Bonchev–Trinajstić information content (AvgIpc) is 2.41. The number of rotatable bonds is 7. The smallest absolute Gasteiger partial charge is 0.326 e. The second kappa shape index (κ2) is 7.85. The molecule has 0 aliphatic rings. The predicted octanol–water partition coefficient (Wildman–Crippen LogP) is 1.37. The molecule has 0 aliphatic heterocycles. The monoisotopic (exact) mass is 315 g/mol. The van der Waals surface area contributed by atoms with Crippen LogP contribution in [0.4, 0.5) is 0 Å². The zero-order valence-corrected chi connectivity index (χ0v) is 12.6. The third kappa shape index (κ3) is 5.24. The van der Waals surface area contributed by atoms with E-state index in [4.69, 9.17) is 26.6 Å². The highest BCUT2D eigenvalue weighted by Gasteiger charge is 2.23. The van der Waals surface area contributed by atoms with Crippen LogP contribution in [0.3, 0.4) is 0 Å². The van der Waals surface area contributed by atoms with Crippen molar-refractivity contribution in [3.8, 4) is 5.75 Å². The SMILES string of the molecule is Cc1cc(Cl)ccc1OC(C)C(=O)N[C@@H](CCO)C(=O)O. The summed E-state index contributed by atoms with van der Waals surface area (Å²) in [4.78, 5) is 22.8. The fourth-order valence-electron chi connectivity index (χ4n) is 1.66. The average molecular weight is 316 g/mol. The van der Waals surface area contributed by atoms with Crippen LogP contribution in [-0.4, -0.2) is 40.8 Å². The third-order valence-corrected chi connectivity index (χ3v) is 3.08. The van der Waals surface area contributed by atoms with Crippen LogP contribution in [-0.2, 0) is 9.59 Å².